The van der Waals surface area contributed by atoms with Gasteiger partial charge in [0.1, 0.15) is 5.82 Å². The third-order valence-electron chi connectivity index (χ3n) is 5.60. The van der Waals surface area contributed by atoms with Crippen LogP contribution < -0.4 is 0 Å². The Morgan fingerprint density at radius 1 is 1.16 bits per heavy atom. The molecule has 2 aliphatic heterocycles. The van der Waals surface area contributed by atoms with Crippen molar-refractivity contribution in [1.29, 1.82) is 0 Å². The Kier molecular flexibility index (Phi) is 4.57. The number of piperidine rings is 1. The van der Waals surface area contributed by atoms with E-state index in [1.54, 1.807) is 0 Å². The summed E-state index contributed by atoms with van der Waals surface area (Å²) in [6.07, 6.45) is 6.58. The van der Waals surface area contributed by atoms with E-state index in [1.165, 1.54) is 19.3 Å². The van der Waals surface area contributed by atoms with Crippen molar-refractivity contribution in [3.8, 4) is 11.3 Å². The molecule has 2 fully saturated rings. The molecule has 2 unspecified atom stereocenters. The highest BCUT2D eigenvalue weighted by molar-refractivity contribution is 5.81. The average Bonchev–Trinajstić information content (AvgIpc) is 3.24. The number of aromatic nitrogens is 2. The zero-order valence-corrected chi connectivity index (χ0v) is 14.8. The Morgan fingerprint density at radius 2 is 1.92 bits per heavy atom. The molecule has 1 aromatic heterocycles. The maximum Gasteiger partial charge on any atom is 0.227 e. The lowest BCUT2D eigenvalue weighted by atomic mass is 10.0. The van der Waals surface area contributed by atoms with Crippen LogP contribution in [-0.2, 0) is 4.79 Å². The van der Waals surface area contributed by atoms with Crippen molar-refractivity contribution in [2.24, 2.45) is 5.92 Å². The molecule has 132 valence electrons. The quantitative estimate of drug-likeness (QED) is 0.932. The maximum atomic E-state index is 12.7. The number of hydrogen-bond acceptors (Lipinski definition) is 3. The Morgan fingerprint density at radius 3 is 2.68 bits per heavy atom. The molecule has 2 saturated heterocycles. The number of benzene rings is 1. The summed E-state index contributed by atoms with van der Waals surface area (Å²) in [5, 5.41) is 0. The standard InChI is InChI=1S/C20H26N4O/c1-23-18(12-16(20(23)25)14-24-10-6-3-7-11-24)19-21-13-17(22-19)15-8-4-2-5-9-15/h2,4-5,8-9,13,16,18H,3,6-7,10-12,14H2,1H3,(H,21,22). The first-order chi connectivity index (χ1) is 12.2. The molecule has 0 spiro atoms. The summed E-state index contributed by atoms with van der Waals surface area (Å²) in [6, 6.07) is 10.3. The topological polar surface area (TPSA) is 52.2 Å². The van der Waals surface area contributed by atoms with Crippen LogP contribution in [0.15, 0.2) is 36.5 Å². The lowest BCUT2D eigenvalue weighted by Gasteiger charge is -2.28. The lowest BCUT2D eigenvalue weighted by molar-refractivity contribution is -0.131. The van der Waals surface area contributed by atoms with Gasteiger partial charge in [0.25, 0.3) is 0 Å². The molecule has 0 bridgehead atoms. The van der Waals surface area contributed by atoms with Gasteiger partial charge in [-0.25, -0.2) is 4.98 Å². The number of H-pyrrole nitrogens is 1. The SMILES string of the molecule is CN1C(=O)C(CN2CCCCC2)CC1c1ncc(-c2ccccc2)[nH]1. The number of nitrogens with one attached hydrogen (secondary N) is 1. The molecule has 25 heavy (non-hydrogen) atoms. The predicted octanol–water partition coefficient (Wildman–Crippen LogP) is 3.08. The van der Waals surface area contributed by atoms with E-state index in [0.29, 0.717) is 0 Å². The molecular formula is C20H26N4O. The summed E-state index contributed by atoms with van der Waals surface area (Å²) in [5.41, 5.74) is 2.13. The van der Waals surface area contributed by atoms with E-state index in [1.807, 2.05) is 36.3 Å². The van der Waals surface area contributed by atoms with Crippen LogP contribution >= 0.6 is 0 Å². The minimum Gasteiger partial charge on any atom is -0.340 e. The first-order valence-corrected chi connectivity index (χ1v) is 9.32. The number of carbonyl (C=O) groups is 1. The zero-order valence-electron chi connectivity index (χ0n) is 14.8. The Bertz CT molecular complexity index is 720. The van der Waals surface area contributed by atoms with Crippen LogP contribution in [0.25, 0.3) is 11.3 Å². The second-order valence-corrected chi connectivity index (χ2v) is 7.31. The maximum absolute atomic E-state index is 12.7. The number of amides is 1. The van der Waals surface area contributed by atoms with Crippen molar-refractivity contribution in [1.82, 2.24) is 19.8 Å². The largest absolute Gasteiger partial charge is 0.340 e. The van der Waals surface area contributed by atoms with Gasteiger partial charge in [0.05, 0.1) is 23.9 Å². The van der Waals surface area contributed by atoms with E-state index in [0.717, 1.165) is 43.1 Å². The fourth-order valence-electron chi connectivity index (χ4n) is 4.14. The number of hydrogen-bond donors (Lipinski definition) is 1. The van der Waals surface area contributed by atoms with Gasteiger partial charge >= 0.3 is 0 Å². The molecule has 2 atom stereocenters. The van der Waals surface area contributed by atoms with Crippen LogP contribution in [0, 0.1) is 5.92 Å². The molecule has 2 aliphatic rings. The minimum atomic E-state index is 0.0553. The van der Waals surface area contributed by atoms with Gasteiger partial charge in [-0.2, -0.15) is 0 Å². The number of likely N-dealkylation sites (tertiary alicyclic amines) is 2. The van der Waals surface area contributed by atoms with E-state index >= 15 is 0 Å². The number of aromatic amines is 1. The number of nitrogens with zero attached hydrogens (tertiary/aromatic N) is 3. The third kappa shape index (κ3) is 3.33. The summed E-state index contributed by atoms with van der Waals surface area (Å²) >= 11 is 0. The molecule has 1 aromatic carbocycles. The van der Waals surface area contributed by atoms with Crippen LogP contribution in [0.4, 0.5) is 0 Å². The number of rotatable bonds is 4. The van der Waals surface area contributed by atoms with Crippen LogP contribution in [0.5, 0.6) is 0 Å². The monoisotopic (exact) mass is 338 g/mol. The van der Waals surface area contributed by atoms with Gasteiger partial charge in [-0.15, -0.1) is 0 Å². The highest BCUT2D eigenvalue weighted by atomic mass is 16.2. The van der Waals surface area contributed by atoms with Crippen molar-refractivity contribution in [2.75, 3.05) is 26.7 Å². The molecule has 2 aromatic rings. The van der Waals surface area contributed by atoms with Crippen molar-refractivity contribution in [2.45, 2.75) is 31.7 Å². The van der Waals surface area contributed by atoms with Crippen LogP contribution in [0.3, 0.4) is 0 Å². The zero-order chi connectivity index (χ0) is 17.2. The molecule has 1 N–H and O–H groups in total. The normalized spacial score (nSPS) is 24.8. The molecular weight excluding hydrogens is 312 g/mol. The summed E-state index contributed by atoms with van der Waals surface area (Å²) < 4.78 is 0. The predicted molar refractivity (Wildman–Crippen MR) is 97.9 cm³/mol. The van der Waals surface area contributed by atoms with Gasteiger partial charge in [-0.1, -0.05) is 36.8 Å². The molecule has 5 nitrogen and oxygen atoms in total. The second kappa shape index (κ2) is 7.00. The van der Waals surface area contributed by atoms with Gasteiger partial charge < -0.3 is 14.8 Å². The van der Waals surface area contributed by atoms with E-state index in [4.69, 9.17) is 0 Å². The van der Waals surface area contributed by atoms with E-state index in [-0.39, 0.29) is 17.9 Å². The Labute approximate surface area is 149 Å². The van der Waals surface area contributed by atoms with Crippen molar-refractivity contribution in [3.63, 3.8) is 0 Å². The van der Waals surface area contributed by atoms with E-state index < -0.39 is 0 Å². The first-order valence-electron chi connectivity index (χ1n) is 9.32. The summed E-state index contributed by atoms with van der Waals surface area (Å²) in [7, 11) is 1.91. The highest BCUT2D eigenvalue weighted by Crippen LogP contribution is 2.35. The molecule has 4 rings (SSSR count). The summed E-state index contributed by atoms with van der Waals surface area (Å²) in [5.74, 6) is 1.25. The van der Waals surface area contributed by atoms with Crippen molar-refractivity contribution < 1.29 is 4.79 Å². The molecule has 0 aliphatic carbocycles. The van der Waals surface area contributed by atoms with E-state index in [9.17, 15) is 4.79 Å². The van der Waals surface area contributed by atoms with Crippen LogP contribution in [0.2, 0.25) is 0 Å². The first kappa shape index (κ1) is 16.3. The van der Waals surface area contributed by atoms with Gasteiger partial charge in [-0.3, -0.25) is 4.79 Å². The second-order valence-electron chi connectivity index (χ2n) is 7.31. The average molecular weight is 338 g/mol. The molecule has 0 saturated carbocycles. The summed E-state index contributed by atoms with van der Waals surface area (Å²) in [4.78, 5) is 25.0. The Hall–Kier alpha value is -2.14. The van der Waals surface area contributed by atoms with Gasteiger partial charge in [-0.05, 0) is 37.9 Å². The fourth-order valence-corrected chi connectivity index (χ4v) is 4.14. The number of imidazole rings is 1. The Balaban J connectivity index is 1.47. The molecule has 0 radical (unpaired) electrons. The van der Waals surface area contributed by atoms with Crippen LogP contribution in [-0.4, -0.2) is 52.4 Å². The van der Waals surface area contributed by atoms with Gasteiger partial charge in [0, 0.05) is 13.6 Å². The van der Waals surface area contributed by atoms with Gasteiger partial charge in [0.2, 0.25) is 5.91 Å². The van der Waals surface area contributed by atoms with Crippen molar-refractivity contribution in [3.05, 3.63) is 42.4 Å². The van der Waals surface area contributed by atoms with Gasteiger partial charge in [0.15, 0.2) is 0 Å². The van der Waals surface area contributed by atoms with E-state index in [2.05, 4.69) is 27.0 Å². The third-order valence-corrected chi connectivity index (χ3v) is 5.60. The smallest absolute Gasteiger partial charge is 0.227 e. The molecule has 1 amide bonds. The fraction of sp³-hybridized carbons (Fsp3) is 0.500. The molecule has 3 heterocycles. The summed E-state index contributed by atoms with van der Waals surface area (Å²) in [6.45, 7) is 3.17. The van der Waals surface area contributed by atoms with Crippen LogP contribution in [0.1, 0.15) is 37.5 Å². The highest BCUT2D eigenvalue weighted by Gasteiger charge is 2.40. The minimum absolute atomic E-state index is 0.0553. The molecule has 5 heteroatoms. The van der Waals surface area contributed by atoms with Crippen molar-refractivity contribution >= 4 is 5.91 Å². The lowest BCUT2D eigenvalue weighted by Crippen LogP contribution is -2.37. The number of carbonyl (C=O) groups excluding carboxylic acids is 1.